The van der Waals surface area contributed by atoms with Crippen molar-refractivity contribution in [3.8, 4) is 6.07 Å². The van der Waals surface area contributed by atoms with Gasteiger partial charge in [0.25, 0.3) is 0 Å². The van der Waals surface area contributed by atoms with Crippen LogP contribution in [0.3, 0.4) is 0 Å². The molecule has 0 bridgehead atoms. The van der Waals surface area contributed by atoms with Crippen LogP contribution >= 0.6 is 0 Å². The molecule has 14 heavy (non-hydrogen) atoms. The summed E-state index contributed by atoms with van der Waals surface area (Å²) in [6.45, 7) is 2.05. The van der Waals surface area contributed by atoms with Gasteiger partial charge in [0.1, 0.15) is 0 Å². The zero-order chi connectivity index (χ0) is 10.4. The lowest BCUT2D eigenvalue weighted by Gasteiger charge is -2.17. The van der Waals surface area contributed by atoms with E-state index in [1.54, 1.807) is 0 Å². The second kappa shape index (κ2) is 5.70. The molecule has 2 nitrogen and oxygen atoms in total. The van der Waals surface area contributed by atoms with Gasteiger partial charge in [-0.05, 0) is 32.1 Å². The molecular weight excluding hydrogens is 172 g/mol. The minimum Gasteiger partial charge on any atom is -0.402 e. The van der Waals surface area contributed by atoms with Gasteiger partial charge in [-0.1, -0.05) is 18.9 Å². The molecule has 1 aliphatic carbocycles. The van der Waals surface area contributed by atoms with Crippen LogP contribution in [0.25, 0.3) is 0 Å². The molecule has 0 saturated heterocycles. The van der Waals surface area contributed by atoms with Gasteiger partial charge in [-0.25, -0.2) is 0 Å². The van der Waals surface area contributed by atoms with Crippen LogP contribution in [0.4, 0.5) is 0 Å². The number of nitrogens with two attached hydrogens (primary N) is 1. The Labute approximate surface area is 86.8 Å². The molecule has 0 radical (unpaired) electrons. The summed E-state index contributed by atoms with van der Waals surface area (Å²) in [5.41, 5.74) is 8.45. The van der Waals surface area contributed by atoms with E-state index in [4.69, 9.17) is 11.0 Å². The van der Waals surface area contributed by atoms with Crippen LogP contribution in [0.15, 0.2) is 11.3 Å². The van der Waals surface area contributed by atoms with Crippen molar-refractivity contribution in [1.82, 2.24) is 0 Å². The van der Waals surface area contributed by atoms with E-state index in [1.165, 1.54) is 24.8 Å². The summed E-state index contributed by atoms with van der Waals surface area (Å²) >= 11 is 0. The first-order valence-electron chi connectivity index (χ1n) is 5.64. The molecule has 0 spiro atoms. The Morgan fingerprint density at radius 1 is 1.43 bits per heavy atom. The van der Waals surface area contributed by atoms with Gasteiger partial charge in [0.15, 0.2) is 0 Å². The maximum atomic E-state index is 8.85. The minimum absolute atomic E-state index is 0.115. The smallest absolute Gasteiger partial charge is 0.0659 e. The van der Waals surface area contributed by atoms with Gasteiger partial charge >= 0.3 is 0 Å². The Morgan fingerprint density at radius 3 is 2.57 bits per heavy atom. The lowest BCUT2D eigenvalue weighted by Crippen LogP contribution is -2.10. The van der Waals surface area contributed by atoms with Crippen molar-refractivity contribution >= 4 is 0 Å². The molecular formula is C12H20N2. The summed E-state index contributed by atoms with van der Waals surface area (Å²) in [7, 11) is 0. The summed E-state index contributed by atoms with van der Waals surface area (Å²) < 4.78 is 0. The van der Waals surface area contributed by atoms with Crippen molar-refractivity contribution in [3.63, 3.8) is 0 Å². The summed E-state index contributed by atoms with van der Waals surface area (Å²) in [6, 6.07) is 2.31. The van der Waals surface area contributed by atoms with Gasteiger partial charge in [-0.15, -0.1) is 0 Å². The summed E-state index contributed by atoms with van der Waals surface area (Å²) in [6.07, 6.45) is 7.90. The fourth-order valence-electron chi connectivity index (χ4n) is 1.99. The second-order valence-electron chi connectivity index (χ2n) is 4.13. The molecule has 78 valence electrons. The van der Waals surface area contributed by atoms with Gasteiger partial charge in [0, 0.05) is 12.1 Å². The highest BCUT2D eigenvalue weighted by atomic mass is 14.6. The van der Waals surface area contributed by atoms with E-state index in [0.29, 0.717) is 0 Å². The number of nitrogens with zero attached hydrogens (tertiary/aromatic N) is 1. The largest absolute Gasteiger partial charge is 0.402 e. The van der Waals surface area contributed by atoms with Crippen LogP contribution in [0.5, 0.6) is 0 Å². The van der Waals surface area contributed by atoms with Crippen molar-refractivity contribution in [1.29, 1.82) is 5.26 Å². The molecule has 1 rings (SSSR count). The Morgan fingerprint density at radius 2 is 2.07 bits per heavy atom. The monoisotopic (exact) mass is 192 g/mol. The SMILES string of the molecule is CCC(C#N)CC(N)=C1CCCCC1. The molecule has 2 N–H and O–H groups in total. The van der Waals surface area contributed by atoms with Crippen LogP contribution in [-0.2, 0) is 0 Å². The molecule has 1 atom stereocenters. The highest BCUT2D eigenvalue weighted by Crippen LogP contribution is 2.26. The van der Waals surface area contributed by atoms with Crippen LogP contribution in [0.2, 0.25) is 0 Å². The molecule has 1 fully saturated rings. The maximum absolute atomic E-state index is 8.85. The normalized spacial score (nSPS) is 18.7. The zero-order valence-corrected chi connectivity index (χ0v) is 9.05. The highest BCUT2D eigenvalue weighted by molar-refractivity contribution is 5.14. The lowest BCUT2D eigenvalue weighted by atomic mass is 9.90. The molecule has 0 aromatic heterocycles. The van der Waals surface area contributed by atoms with E-state index in [2.05, 4.69) is 6.07 Å². The fraction of sp³-hybridized carbons (Fsp3) is 0.750. The Balaban J connectivity index is 2.53. The van der Waals surface area contributed by atoms with Gasteiger partial charge in [0.2, 0.25) is 0 Å². The molecule has 1 unspecified atom stereocenters. The molecule has 0 aromatic carbocycles. The highest BCUT2D eigenvalue weighted by Gasteiger charge is 2.12. The van der Waals surface area contributed by atoms with Gasteiger partial charge < -0.3 is 5.73 Å². The summed E-state index contributed by atoms with van der Waals surface area (Å²) in [4.78, 5) is 0. The average Bonchev–Trinajstić information content (AvgIpc) is 2.26. The van der Waals surface area contributed by atoms with Crippen LogP contribution in [0.1, 0.15) is 51.9 Å². The molecule has 0 amide bonds. The van der Waals surface area contributed by atoms with E-state index in [-0.39, 0.29) is 5.92 Å². The zero-order valence-electron chi connectivity index (χ0n) is 9.05. The van der Waals surface area contributed by atoms with Gasteiger partial charge in [0.05, 0.1) is 12.0 Å². The number of hydrogen-bond acceptors (Lipinski definition) is 2. The Kier molecular flexibility index (Phi) is 4.52. The lowest BCUT2D eigenvalue weighted by molar-refractivity contribution is 0.570. The molecule has 1 aliphatic rings. The number of allylic oxidation sites excluding steroid dienone is 2. The van der Waals surface area contributed by atoms with Crippen LogP contribution in [-0.4, -0.2) is 0 Å². The van der Waals surface area contributed by atoms with E-state index in [0.717, 1.165) is 31.4 Å². The van der Waals surface area contributed by atoms with Gasteiger partial charge in [-0.3, -0.25) is 0 Å². The number of hydrogen-bond donors (Lipinski definition) is 1. The van der Waals surface area contributed by atoms with Crippen molar-refractivity contribution in [3.05, 3.63) is 11.3 Å². The predicted octanol–water partition coefficient (Wildman–Crippen LogP) is 3.10. The first-order chi connectivity index (χ1) is 6.77. The molecule has 0 aliphatic heterocycles. The van der Waals surface area contributed by atoms with Gasteiger partial charge in [-0.2, -0.15) is 5.26 Å². The predicted molar refractivity (Wildman–Crippen MR) is 58.3 cm³/mol. The Hall–Kier alpha value is -0.970. The van der Waals surface area contributed by atoms with Crippen molar-refractivity contribution in [2.75, 3.05) is 0 Å². The molecule has 0 aromatic rings. The van der Waals surface area contributed by atoms with Crippen molar-refractivity contribution in [2.45, 2.75) is 51.9 Å². The average molecular weight is 192 g/mol. The van der Waals surface area contributed by atoms with E-state index >= 15 is 0 Å². The summed E-state index contributed by atoms with van der Waals surface area (Å²) in [5, 5.41) is 8.85. The quantitative estimate of drug-likeness (QED) is 0.747. The molecule has 2 heteroatoms. The first kappa shape index (κ1) is 11.1. The second-order valence-corrected chi connectivity index (χ2v) is 4.13. The maximum Gasteiger partial charge on any atom is 0.0659 e. The first-order valence-corrected chi connectivity index (χ1v) is 5.64. The third kappa shape index (κ3) is 3.06. The van der Waals surface area contributed by atoms with Crippen LogP contribution < -0.4 is 5.73 Å². The van der Waals surface area contributed by atoms with Crippen molar-refractivity contribution in [2.24, 2.45) is 11.7 Å². The number of rotatable bonds is 3. The van der Waals surface area contributed by atoms with E-state index in [9.17, 15) is 0 Å². The molecule has 1 saturated carbocycles. The van der Waals surface area contributed by atoms with E-state index in [1.807, 2.05) is 6.92 Å². The van der Waals surface area contributed by atoms with Crippen molar-refractivity contribution < 1.29 is 0 Å². The third-order valence-electron chi connectivity index (χ3n) is 3.05. The minimum atomic E-state index is 0.115. The standard InChI is InChI=1S/C12H20N2/c1-2-10(9-13)8-12(14)11-6-4-3-5-7-11/h10H,2-8,14H2,1H3. The topological polar surface area (TPSA) is 49.8 Å². The third-order valence-corrected chi connectivity index (χ3v) is 3.05. The number of nitriles is 1. The van der Waals surface area contributed by atoms with Crippen LogP contribution in [0, 0.1) is 17.2 Å². The Bertz CT molecular complexity index is 240. The summed E-state index contributed by atoms with van der Waals surface area (Å²) in [5.74, 6) is 0.115. The fourth-order valence-corrected chi connectivity index (χ4v) is 1.99. The van der Waals surface area contributed by atoms with E-state index < -0.39 is 0 Å². The molecule has 0 heterocycles.